The fraction of sp³-hybridized carbons (Fsp3) is 0.462. The molecular formula is C13H20N2OS. The van der Waals surface area contributed by atoms with Gasteiger partial charge < -0.3 is 15.4 Å². The van der Waals surface area contributed by atoms with Crippen molar-refractivity contribution in [2.45, 2.75) is 32.7 Å². The summed E-state index contributed by atoms with van der Waals surface area (Å²) in [6, 6.07) is 7.67. The molecule has 0 aliphatic carbocycles. The van der Waals surface area contributed by atoms with Crippen molar-refractivity contribution in [2.24, 2.45) is 0 Å². The first kappa shape index (κ1) is 13.8. The highest BCUT2D eigenvalue weighted by Crippen LogP contribution is 2.15. The molecule has 0 unspecified atom stereocenters. The molecule has 3 nitrogen and oxygen atoms in total. The van der Waals surface area contributed by atoms with Crippen LogP contribution >= 0.6 is 12.2 Å². The Hall–Kier alpha value is -1.29. The lowest BCUT2D eigenvalue weighted by atomic mass is 10.0. The highest BCUT2D eigenvalue weighted by atomic mass is 32.1. The average molecular weight is 252 g/mol. The summed E-state index contributed by atoms with van der Waals surface area (Å²) in [5, 5.41) is 7.06. The largest absolute Gasteiger partial charge is 0.497 e. The van der Waals surface area contributed by atoms with Crippen LogP contribution in [0.5, 0.6) is 5.75 Å². The van der Waals surface area contributed by atoms with E-state index in [1.807, 2.05) is 24.3 Å². The highest BCUT2D eigenvalue weighted by molar-refractivity contribution is 7.80. The Kier molecular flexibility index (Phi) is 4.75. The van der Waals surface area contributed by atoms with Gasteiger partial charge in [0, 0.05) is 11.2 Å². The van der Waals surface area contributed by atoms with Crippen molar-refractivity contribution >= 4 is 23.0 Å². The summed E-state index contributed by atoms with van der Waals surface area (Å²) in [6.45, 7) is 6.37. The third-order valence-corrected chi connectivity index (χ3v) is 2.89. The van der Waals surface area contributed by atoms with Gasteiger partial charge in [-0.25, -0.2) is 0 Å². The predicted octanol–water partition coefficient (Wildman–Crippen LogP) is 3.17. The topological polar surface area (TPSA) is 33.3 Å². The standard InChI is InChI=1S/C13H20N2OS/c1-5-13(2,3)15-12(17)14-10-6-8-11(16-4)9-7-10/h6-9H,5H2,1-4H3,(H2,14,15,17). The van der Waals surface area contributed by atoms with Crippen molar-refractivity contribution in [1.29, 1.82) is 0 Å². The van der Waals surface area contributed by atoms with Gasteiger partial charge in [-0.3, -0.25) is 0 Å². The minimum atomic E-state index is 0.0105. The van der Waals surface area contributed by atoms with E-state index in [0.717, 1.165) is 17.9 Å². The maximum atomic E-state index is 5.26. The molecule has 0 aliphatic heterocycles. The summed E-state index contributed by atoms with van der Waals surface area (Å²) in [4.78, 5) is 0. The van der Waals surface area contributed by atoms with Gasteiger partial charge in [0.1, 0.15) is 5.75 Å². The van der Waals surface area contributed by atoms with E-state index >= 15 is 0 Å². The fourth-order valence-corrected chi connectivity index (χ4v) is 1.63. The van der Waals surface area contributed by atoms with Crippen LogP contribution in [-0.4, -0.2) is 17.8 Å². The van der Waals surface area contributed by atoms with E-state index < -0.39 is 0 Å². The number of hydrogen-bond donors (Lipinski definition) is 2. The van der Waals surface area contributed by atoms with Gasteiger partial charge in [-0.2, -0.15) is 0 Å². The first-order valence-electron chi connectivity index (χ1n) is 5.70. The minimum absolute atomic E-state index is 0.0105. The first-order valence-corrected chi connectivity index (χ1v) is 6.11. The fourth-order valence-electron chi connectivity index (χ4n) is 1.23. The zero-order valence-corrected chi connectivity index (χ0v) is 11.6. The first-order chi connectivity index (χ1) is 7.96. The quantitative estimate of drug-likeness (QED) is 0.806. The maximum Gasteiger partial charge on any atom is 0.171 e. The van der Waals surface area contributed by atoms with E-state index in [2.05, 4.69) is 31.4 Å². The summed E-state index contributed by atoms with van der Waals surface area (Å²) in [5.74, 6) is 0.836. The number of nitrogens with one attached hydrogen (secondary N) is 2. The second-order valence-electron chi connectivity index (χ2n) is 4.55. The molecule has 1 rings (SSSR count). The lowest BCUT2D eigenvalue weighted by Crippen LogP contribution is -2.44. The molecule has 17 heavy (non-hydrogen) atoms. The Morgan fingerprint density at radius 3 is 2.35 bits per heavy atom. The van der Waals surface area contributed by atoms with E-state index in [1.54, 1.807) is 7.11 Å². The predicted molar refractivity (Wildman–Crippen MR) is 76.7 cm³/mol. The smallest absolute Gasteiger partial charge is 0.171 e. The Bertz CT molecular complexity index is 374. The van der Waals surface area contributed by atoms with E-state index in [4.69, 9.17) is 17.0 Å². The molecule has 0 saturated heterocycles. The Labute approximate surface area is 109 Å². The number of hydrogen-bond acceptors (Lipinski definition) is 2. The number of rotatable bonds is 4. The lowest BCUT2D eigenvalue weighted by Gasteiger charge is -2.26. The van der Waals surface area contributed by atoms with Crippen LogP contribution in [0.4, 0.5) is 5.69 Å². The van der Waals surface area contributed by atoms with Gasteiger partial charge in [-0.05, 0) is 56.8 Å². The van der Waals surface area contributed by atoms with Crippen LogP contribution in [0.3, 0.4) is 0 Å². The van der Waals surface area contributed by atoms with Crippen molar-refractivity contribution in [1.82, 2.24) is 5.32 Å². The third-order valence-electron chi connectivity index (χ3n) is 2.68. The molecule has 94 valence electrons. The monoisotopic (exact) mass is 252 g/mol. The summed E-state index contributed by atoms with van der Waals surface area (Å²) < 4.78 is 5.10. The molecule has 4 heteroatoms. The van der Waals surface area contributed by atoms with Gasteiger partial charge in [-0.1, -0.05) is 6.92 Å². The Morgan fingerprint density at radius 1 is 1.29 bits per heavy atom. The maximum absolute atomic E-state index is 5.26. The van der Waals surface area contributed by atoms with Crippen molar-refractivity contribution < 1.29 is 4.74 Å². The van der Waals surface area contributed by atoms with E-state index in [-0.39, 0.29) is 5.54 Å². The second-order valence-corrected chi connectivity index (χ2v) is 4.95. The van der Waals surface area contributed by atoms with Crippen LogP contribution in [0.25, 0.3) is 0 Å². The van der Waals surface area contributed by atoms with E-state index in [0.29, 0.717) is 5.11 Å². The molecule has 0 spiro atoms. The Balaban J connectivity index is 2.56. The SMILES string of the molecule is CCC(C)(C)NC(=S)Nc1ccc(OC)cc1. The molecule has 0 fully saturated rings. The normalized spacial score (nSPS) is 10.8. The van der Waals surface area contributed by atoms with Crippen molar-refractivity contribution in [3.05, 3.63) is 24.3 Å². The van der Waals surface area contributed by atoms with Gasteiger partial charge >= 0.3 is 0 Å². The van der Waals surface area contributed by atoms with Crippen molar-refractivity contribution in [2.75, 3.05) is 12.4 Å². The number of ether oxygens (including phenoxy) is 1. The van der Waals surface area contributed by atoms with Crippen LogP contribution < -0.4 is 15.4 Å². The van der Waals surface area contributed by atoms with Gasteiger partial charge in [0.05, 0.1) is 7.11 Å². The minimum Gasteiger partial charge on any atom is -0.497 e. The number of benzene rings is 1. The highest BCUT2D eigenvalue weighted by Gasteiger charge is 2.15. The zero-order valence-electron chi connectivity index (χ0n) is 10.8. The van der Waals surface area contributed by atoms with Crippen molar-refractivity contribution in [3.63, 3.8) is 0 Å². The van der Waals surface area contributed by atoms with E-state index in [1.165, 1.54) is 0 Å². The molecule has 0 saturated carbocycles. The van der Waals surface area contributed by atoms with E-state index in [9.17, 15) is 0 Å². The molecule has 0 bridgehead atoms. The molecule has 0 aromatic heterocycles. The molecule has 0 atom stereocenters. The van der Waals surface area contributed by atoms with Crippen molar-refractivity contribution in [3.8, 4) is 5.75 Å². The molecule has 0 amide bonds. The van der Waals surface area contributed by atoms with Gasteiger partial charge in [0.15, 0.2) is 5.11 Å². The number of anilines is 1. The van der Waals surface area contributed by atoms with Crippen LogP contribution in [0, 0.1) is 0 Å². The second kappa shape index (κ2) is 5.87. The lowest BCUT2D eigenvalue weighted by molar-refractivity contribution is 0.415. The number of thiocarbonyl (C=S) groups is 1. The number of methoxy groups -OCH3 is 1. The van der Waals surface area contributed by atoms with Crippen LogP contribution in [0.2, 0.25) is 0 Å². The summed E-state index contributed by atoms with van der Waals surface area (Å²) in [5.41, 5.74) is 0.964. The van der Waals surface area contributed by atoms with Gasteiger partial charge in [0.2, 0.25) is 0 Å². The molecule has 1 aromatic carbocycles. The molecular weight excluding hydrogens is 232 g/mol. The molecule has 1 aromatic rings. The molecule has 2 N–H and O–H groups in total. The van der Waals surface area contributed by atoms with Gasteiger partial charge in [-0.15, -0.1) is 0 Å². The zero-order chi connectivity index (χ0) is 12.9. The van der Waals surface area contributed by atoms with Gasteiger partial charge in [0.25, 0.3) is 0 Å². The van der Waals surface area contributed by atoms with Crippen LogP contribution in [-0.2, 0) is 0 Å². The van der Waals surface area contributed by atoms with Crippen LogP contribution in [0.1, 0.15) is 27.2 Å². The third kappa shape index (κ3) is 4.61. The molecule has 0 heterocycles. The summed E-state index contributed by atoms with van der Waals surface area (Å²) >= 11 is 5.26. The molecule has 0 radical (unpaired) electrons. The Morgan fingerprint density at radius 2 is 1.88 bits per heavy atom. The average Bonchev–Trinajstić information content (AvgIpc) is 2.29. The summed E-state index contributed by atoms with van der Waals surface area (Å²) in [6.07, 6.45) is 1.01. The summed E-state index contributed by atoms with van der Waals surface area (Å²) in [7, 11) is 1.65. The van der Waals surface area contributed by atoms with Crippen LogP contribution in [0.15, 0.2) is 24.3 Å². The molecule has 0 aliphatic rings.